The summed E-state index contributed by atoms with van der Waals surface area (Å²) in [7, 11) is 1.72. The molecule has 0 aliphatic carbocycles. The Morgan fingerprint density at radius 1 is 1.10 bits per heavy atom. The smallest absolute Gasteiger partial charge is 0.121 e. The lowest BCUT2D eigenvalue weighted by Crippen LogP contribution is -2.23. The Morgan fingerprint density at radius 2 is 1.76 bits per heavy atom. The van der Waals surface area contributed by atoms with Gasteiger partial charge in [0.1, 0.15) is 5.75 Å². The molecule has 0 amide bonds. The van der Waals surface area contributed by atoms with Crippen molar-refractivity contribution in [3.05, 3.63) is 62.7 Å². The van der Waals surface area contributed by atoms with Crippen LogP contribution >= 0.6 is 22.6 Å². The highest BCUT2D eigenvalue weighted by atomic mass is 127. The van der Waals surface area contributed by atoms with Crippen molar-refractivity contribution in [2.75, 3.05) is 13.7 Å². The van der Waals surface area contributed by atoms with Gasteiger partial charge in [-0.3, -0.25) is 0 Å². The van der Waals surface area contributed by atoms with E-state index in [-0.39, 0.29) is 6.04 Å². The van der Waals surface area contributed by atoms with Crippen molar-refractivity contribution < 1.29 is 4.74 Å². The molecule has 0 heterocycles. The molecule has 112 valence electrons. The SMILES string of the molecule is CCCNC(c1ccc(I)cc1)c1ccc(OC)c(C)c1. The molecule has 1 N–H and O–H groups in total. The molecule has 3 heteroatoms. The molecular formula is C18H22INO. The third-order valence-corrected chi connectivity index (χ3v) is 4.27. The van der Waals surface area contributed by atoms with Gasteiger partial charge in [-0.05, 0) is 77.4 Å². The van der Waals surface area contributed by atoms with E-state index in [4.69, 9.17) is 4.74 Å². The van der Waals surface area contributed by atoms with Gasteiger partial charge in [-0.25, -0.2) is 0 Å². The molecule has 1 unspecified atom stereocenters. The Morgan fingerprint density at radius 3 is 2.33 bits per heavy atom. The van der Waals surface area contributed by atoms with E-state index in [1.54, 1.807) is 7.11 Å². The summed E-state index contributed by atoms with van der Waals surface area (Å²) in [5.41, 5.74) is 3.75. The van der Waals surface area contributed by atoms with Crippen molar-refractivity contribution in [3.63, 3.8) is 0 Å². The third-order valence-electron chi connectivity index (χ3n) is 3.55. The van der Waals surface area contributed by atoms with Crippen molar-refractivity contribution in [2.24, 2.45) is 0 Å². The molecule has 0 radical (unpaired) electrons. The molecule has 2 aromatic carbocycles. The van der Waals surface area contributed by atoms with E-state index in [0.29, 0.717) is 0 Å². The second-order valence-electron chi connectivity index (χ2n) is 5.17. The van der Waals surface area contributed by atoms with Gasteiger partial charge in [-0.2, -0.15) is 0 Å². The van der Waals surface area contributed by atoms with Crippen molar-refractivity contribution in [1.82, 2.24) is 5.32 Å². The number of aryl methyl sites for hydroxylation is 1. The van der Waals surface area contributed by atoms with Gasteiger partial charge in [0.25, 0.3) is 0 Å². The number of rotatable bonds is 6. The molecule has 2 aromatic rings. The molecule has 0 aromatic heterocycles. The van der Waals surface area contributed by atoms with Crippen LogP contribution in [0.4, 0.5) is 0 Å². The number of ether oxygens (including phenoxy) is 1. The fourth-order valence-corrected chi connectivity index (χ4v) is 2.81. The number of nitrogens with one attached hydrogen (secondary N) is 1. The molecule has 0 spiro atoms. The average molecular weight is 395 g/mol. The number of methoxy groups -OCH3 is 1. The predicted molar refractivity (Wildman–Crippen MR) is 97.0 cm³/mol. The van der Waals surface area contributed by atoms with E-state index in [1.807, 2.05) is 0 Å². The molecule has 0 saturated heterocycles. The van der Waals surface area contributed by atoms with E-state index in [9.17, 15) is 0 Å². The minimum atomic E-state index is 0.228. The molecule has 0 bridgehead atoms. The van der Waals surface area contributed by atoms with Gasteiger partial charge < -0.3 is 10.1 Å². The topological polar surface area (TPSA) is 21.3 Å². The van der Waals surface area contributed by atoms with Crippen LogP contribution in [0.15, 0.2) is 42.5 Å². The number of halogens is 1. The number of hydrogen-bond donors (Lipinski definition) is 1. The second kappa shape index (κ2) is 7.80. The van der Waals surface area contributed by atoms with Crippen molar-refractivity contribution >= 4 is 22.6 Å². The molecular weight excluding hydrogens is 373 g/mol. The Kier molecular flexibility index (Phi) is 6.06. The van der Waals surface area contributed by atoms with E-state index >= 15 is 0 Å². The van der Waals surface area contributed by atoms with Gasteiger partial charge in [-0.1, -0.05) is 31.2 Å². The molecule has 2 rings (SSSR count). The van der Waals surface area contributed by atoms with E-state index < -0.39 is 0 Å². The largest absolute Gasteiger partial charge is 0.496 e. The van der Waals surface area contributed by atoms with Crippen LogP contribution in [0.3, 0.4) is 0 Å². The van der Waals surface area contributed by atoms with Gasteiger partial charge in [0.2, 0.25) is 0 Å². The molecule has 2 nitrogen and oxygen atoms in total. The molecule has 0 aliphatic rings. The van der Waals surface area contributed by atoms with Crippen molar-refractivity contribution in [2.45, 2.75) is 26.3 Å². The summed E-state index contributed by atoms with van der Waals surface area (Å²) in [4.78, 5) is 0. The third kappa shape index (κ3) is 4.20. The standard InChI is InChI=1S/C18H22INO/c1-4-11-20-18(14-5-8-16(19)9-6-14)15-7-10-17(21-3)13(2)12-15/h5-10,12,18,20H,4,11H2,1-3H3. The minimum Gasteiger partial charge on any atom is -0.496 e. The highest BCUT2D eigenvalue weighted by Gasteiger charge is 2.14. The van der Waals surface area contributed by atoms with Crippen molar-refractivity contribution in [3.8, 4) is 5.75 Å². The molecule has 21 heavy (non-hydrogen) atoms. The summed E-state index contributed by atoms with van der Waals surface area (Å²) >= 11 is 2.34. The zero-order valence-electron chi connectivity index (χ0n) is 12.8. The Bertz CT molecular complexity index is 580. The molecule has 0 fully saturated rings. The van der Waals surface area contributed by atoms with Crippen LogP contribution in [0.5, 0.6) is 5.75 Å². The van der Waals surface area contributed by atoms with Crippen LogP contribution in [-0.4, -0.2) is 13.7 Å². The lowest BCUT2D eigenvalue weighted by Gasteiger charge is -2.21. The van der Waals surface area contributed by atoms with Gasteiger partial charge in [0.05, 0.1) is 13.2 Å². The summed E-state index contributed by atoms with van der Waals surface area (Å²) in [6.07, 6.45) is 1.12. The summed E-state index contributed by atoms with van der Waals surface area (Å²) < 4.78 is 6.62. The first-order valence-electron chi connectivity index (χ1n) is 7.29. The summed E-state index contributed by atoms with van der Waals surface area (Å²) in [5.74, 6) is 0.940. The maximum atomic E-state index is 5.36. The quantitative estimate of drug-likeness (QED) is 0.717. The number of hydrogen-bond acceptors (Lipinski definition) is 2. The van der Waals surface area contributed by atoms with Gasteiger partial charge in [0.15, 0.2) is 0 Å². The van der Waals surface area contributed by atoms with Crippen LogP contribution < -0.4 is 10.1 Å². The second-order valence-corrected chi connectivity index (χ2v) is 6.41. The Balaban J connectivity index is 2.35. The lowest BCUT2D eigenvalue weighted by molar-refractivity contribution is 0.411. The first kappa shape index (κ1) is 16.3. The van der Waals surface area contributed by atoms with Crippen LogP contribution in [0, 0.1) is 10.5 Å². The molecule has 0 saturated carbocycles. The zero-order valence-corrected chi connectivity index (χ0v) is 15.0. The summed E-state index contributed by atoms with van der Waals surface area (Å²) in [5, 5.41) is 3.64. The van der Waals surface area contributed by atoms with E-state index in [1.165, 1.54) is 20.3 Å². The average Bonchev–Trinajstić information content (AvgIpc) is 2.49. The van der Waals surface area contributed by atoms with Gasteiger partial charge in [0, 0.05) is 3.57 Å². The summed E-state index contributed by atoms with van der Waals surface area (Å²) in [6.45, 7) is 5.28. The monoisotopic (exact) mass is 395 g/mol. The maximum Gasteiger partial charge on any atom is 0.121 e. The maximum absolute atomic E-state index is 5.36. The Labute approximate surface area is 141 Å². The van der Waals surface area contributed by atoms with Crippen LogP contribution in [0.2, 0.25) is 0 Å². The minimum absolute atomic E-state index is 0.228. The first-order chi connectivity index (χ1) is 10.2. The normalized spacial score (nSPS) is 12.2. The lowest BCUT2D eigenvalue weighted by atomic mass is 9.97. The highest BCUT2D eigenvalue weighted by Crippen LogP contribution is 2.27. The number of benzene rings is 2. The highest BCUT2D eigenvalue weighted by molar-refractivity contribution is 14.1. The molecule has 1 atom stereocenters. The van der Waals surface area contributed by atoms with Crippen LogP contribution in [0.25, 0.3) is 0 Å². The van der Waals surface area contributed by atoms with E-state index in [2.05, 4.69) is 84.2 Å². The van der Waals surface area contributed by atoms with Gasteiger partial charge >= 0.3 is 0 Å². The van der Waals surface area contributed by atoms with Crippen LogP contribution in [-0.2, 0) is 0 Å². The van der Waals surface area contributed by atoms with Crippen molar-refractivity contribution in [1.29, 1.82) is 0 Å². The summed E-state index contributed by atoms with van der Waals surface area (Å²) in [6, 6.07) is 15.4. The first-order valence-corrected chi connectivity index (χ1v) is 8.37. The predicted octanol–water partition coefficient (Wildman–Crippen LogP) is 4.70. The molecule has 0 aliphatic heterocycles. The Hall–Kier alpha value is -1.07. The van der Waals surface area contributed by atoms with E-state index in [0.717, 1.165) is 18.7 Å². The fourth-order valence-electron chi connectivity index (χ4n) is 2.45. The zero-order chi connectivity index (χ0) is 15.2. The fraction of sp³-hybridized carbons (Fsp3) is 0.333. The van der Waals surface area contributed by atoms with Crippen LogP contribution in [0.1, 0.15) is 36.1 Å². The van der Waals surface area contributed by atoms with Gasteiger partial charge in [-0.15, -0.1) is 0 Å².